The lowest BCUT2D eigenvalue weighted by Crippen LogP contribution is -2.58. The Kier molecular flexibility index (Phi) is 3.94. The third-order valence-corrected chi connectivity index (χ3v) is 2.15. The Morgan fingerprint density at radius 3 is 2.75 bits per heavy atom. The molecule has 1 aromatic heterocycles. The van der Waals surface area contributed by atoms with Gasteiger partial charge in [-0.3, -0.25) is 9.78 Å². The van der Waals surface area contributed by atoms with Crippen LogP contribution in [0.2, 0.25) is 0 Å². The van der Waals surface area contributed by atoms with Crippen LogP contribution in [0, 0.1) is 0 Å². The highest BCUT2D eigenvalue weighted by Crippen LogP contribution is 2.13. The Balaban J connectivity index is 3.07. The minimum absolute atomic E-state index is 0.0844. The summed E-state index contributed by atoms with van der Waals surface area (Å²) in [7, 11) is 0. The van der Waals surface area contributed by atoms with Crippen molar-refractivity contribution in [1.82, 2.24) is 4.98 Å². The Bertz CT molecular complexity index is 398. The predicted octanol–water partition coefficient (Wildman–Crippen LogP) is -0.349. The van der Waals surface area contributed by atoms with Crippen LogP contribution in [0.25, 0.3) is 0 Å². The second-order valence-corrected chi connectivity index (χ2v) is 3.22. The van der Waals surface area contributed by atoms with Gasteiger partial charge in [-0.15, -0.1) is 0 Å². The molecule has 7 heteroatoms. The first-order valence-electron chi connectivity index (χ1n) is 4.24. The standard InChI is InChI=1S/C9H9ClN2O4/c10-16-8(15)9(11,5-13)7(14)6-2-1-3-12-4-6/h1-4,13H,5,11H2/t9-/m1/s1. The number of halogens is 1. The minimum Gasteiger partial charge on any atom is -0.393 e. The molecule has 0 aliphatic heterocycles. The zero-order valence-corrected chi connectivity index (χ0v) is 8.85. The monoisotopic (exact) mass is 244 g/mol. The average molecular weight is 245 g/mol. The molecule has 1 atom stereocenters. The molecular formula is C9H9ClN2O4. The van der Waals surface area contributed by atoms with Gasteiger partial charge in [0, 0.05) is 18.0 Å². The first-order chi connectivity index (χ1) is 7.56. The van der Waals surface area contributed by atoms with Crippen LogP contribution in [0.4, 0.5) is 0 Å². The second kappa shape index (κ2) is 5.02. The van der Waals surface area contributed by atoms with Crippen molar-refractivity contribution in [3.05, 3.63) is 30.1 Å². The molecular weight excluding hydrogens is 236 g/mol. The van der Waals surface area contributed by atoms with Crippen molar-refractivity contribution in [1.29, 1.82) is 0 Å². The van der Waals surface area contributed by atoms with Gasteiger partial charge in [0.1, 0.15) is 11.9 Å². The molecule has 1 heterocycles. The molecule has 1 aromatic rings. The quantitative estimate of drug-likeness (QED) is 0.554. The van der Waals surface area contributed by atoms with Gasteiger partial charge >= 0.3 is 5.97 Å². The Labute approximate surface area is 96.2 Å². The number of rotatable bonds is 4. The van der Waals surface area contributed by atoms with E-state index in [4.69, 9.17) is 22.7 Å². The number of aliphatic hydroxyl groups excluding tert-OH is 1. The van der Waals surface area contributed by atoms with Crippen LogP contribution in [0.15, 0.2) is 24.5 Å². The van der Waals surface area contributed by atoms with E-state index in [1.54, 1.807) is 0 Å². The fourth-order valence-corrected chi connectivity index (χ4v) is 1.19. The lowest BCUT2D eigenvalue weighted by molar-refractivity contribution is -0.139. The molecule has 3 N–H and O–H groups in total. The lowest BCUT2D eigenvalue weighted by Gasteiger charge is -2.20. The van der Waals surface area contributed by atoms with E-state index in [1.807, 2.05) is 0 Å². The number of carbonyl (C=O) groups is 2. The summed E-state index contributed by atoms with van der Waals surface area (Å²) in [6.45, 7) is -0.910. The highest BCUT2D eigenvalue weighted by molar-refractivity contribution is 6.22. The maximum Gasteiger partial charge on any atom is 0.354 e. The number of aliphatic hydroxyl groups is 1. The fraction of sp³-hybridized carbons (Fsp3) is 0.222. The van der Waals surface area contributed by atoms with Crippen LogP contribution in [0.1, 0.15) is 10.4 Å². The summed E-state index contributed by atoms with van der Waals surface area (Å²) in [5, 5.41) is 8.99. The molecule has 0 aromatic carbocycles. The largest absolute Gasteiger partial charge is 0.393 e. The molecule has 86 valence electrons. The molecule has 0 spiro atoms. The van der Waals surface area contributed by atoms with Gasteiger partial charge in [0.05, 0.1) is 6.61 Å². The molecule has 0 saturated heterocycles. The molecule has 0 fully saturated rings. The Hall–Kier alpha value is -1.50. The molecule has 0 saturated carbocycles. The number of carbonyl (C=O) groups excluding carboxylic acids is 2. The minimum atomic E-state index is -2.20. The summed E-state index contributed by atoms with van der Waals surface area (Å²) >= 11 is 4.84. The summed E-state index contributed by atoms with van der Waals surface area (Å²) in [6, 6.07) is 2.91. The summed E-state index contributed by atoms with van der Waals surface area (Å²) in [6.07, 6.45) is 2.68. The molecule has 1 rings (SSSR count). The van der Waals surface area contributed by atoms with Crippen LogP contribution in [-0.2, 0) is 9.08 Å². The van der Waals surface area contributed by atoms with Crippen LogP contribution in [0.5, 0.6) is 0 Å². The smallest absolute Gasteiger partial charge is 0.354 e. The maximum absolute atomic E-state index is 11.8. The van der Waals surface area contributed by atoms with Crippen LogP contribution < -0.4 is 5.73 Å². The Morgan fingerprint density at radius 2 is 2.31 bits per heavy atom. The number of hydrogen-bond donors (Lipinski definition) is 2. The van der Waals surface area contributed by atoms with Crippen molar-refractivity contribution in [2.24, 2.45) is 5.73 Å². The predicted molar refractivity (Wildman–Crippen MR) is 54.5 cm³/mol. The molecule has 0 aliphatic rings. The molecule has 16 heavy (non-hydrogen) atoms. The van der Waals surface area contributed by atoms with Crippen molar-refractivity contribution < 1.29 is 19.0 Å². The lowest BCUT2D eigenvalue weighted by atomic mass is 9.92. The third-order valence-electron chi connectivity index (χ3n) is 2.01. The van der Waals surface area contributed by atoms with Gasteiger partial charge in [-0.05, 0) is 12.1 Å². The van der Waals surface area contributed by atoms with E-state index in [0.717, 1.165) is 0 Å². The van der Waals surface area contributed by atoms with Gasteiger partial charge in [-0.1, -0.05) is 0 Å². The topological polar surface area (TPSA) is 103 Å². The van der Waals surface area contributed by atoms with E-state index in [1.165, 1.54) is 24.5 Å². The van der Waals surface area contributed by atoms with E-state index in [9.17, 15) is 9.59 Å². The zero-order valence-electron chi connectivity index (χ0n) is 8.09. The van der Waals surface area contributed by atoms with E-state index in [2.05, 4.69) is 9.27 Å². The molecule has 0 amide bonds. The normalized spacial score (nSPS) is 13.9. The first-order valence-corrected chi connectivity index (χ1v) is 4.54. The van der Waals surface area contributed by atoms with Crippen LogP contribution in [0.3, 0.4) is 0 Å². The average Bonchev–Trinajstić information content (AvgIpc) is 2.36. The van der Waals surface area contributed by atoms with Crippen LogP contribution >= 0.6 is 11.9 Å². The van der Waals surface area contributed by atoms with Crippen molar-refractivity contribution >= 4 is 23.6 Å². The number of hydrogen-bond acceptors (Lipinski definition) is 6. The number of pyridine rings is 1. The second-order valence-electron chi connectivity index (χ2n) is 3.06. The third kappa shape index (κ3) is 2.19. The molecule has 0 bridgehead atoms. The summed E-state index contributed by atoms with van der Waals surface area (Å²) in [5.74, 6) is -2.03. The molecule has 6 nitrogen and oxygen atoms in total. The van der Waals surface area contributed by atoms with Gasteiger partial charge in [0.2, 0.25) is 5.54 Å². The number of ketones is 1. The van der Waals surface area contributed by atoms with E-state index in [-0.39, 0.29) is 5.56 Å². The highest BCUT2D eigenvalue weighted by atomic mass is 35.5. The highest BCUT2D eigenvalue weighted by Gasteiger charge is 2.44. The SMILES string of the molecule is N[C@@](CO)(C(=O)OCl)C(=O)c1cccnc1. The van der Waals surface area contributed by atoms with E-state index < -0.39 is 23.9 Å². The first kappa shape index (κ1) is 12.6. The number of aromatic nitrogens is 1. The maximum atomic E-state index is 11.8. The summed E-state index contributed by atoms with van der Waals surface area (Å²) in [4.78, 5) is 26.7. The van der Waals surface area contributed by atoms with Gasteiger partial charge in [0.15, 0.2) is 5.78 Å². The van der Waals surface area contributed by atoms with E-state index in [0.29, 0.717) is 0 Å². The molecule has 0 aliphatic carbocycles. The van der Waals surface area contributed by atoms with E-state index >= 15 is 0 Å². The fourth-order valence-electron chi connectivity index (χ4n) is 1.05. The zero-order chi connectivity index (χ0) is 12.2. The molecule has 0 radical (unpaired) electrons. The van der Waals surface area contributed by atoms with Crippen molar-refractivity contribution in [3.63, 3.8) is 0 Å². The van der Waals surface area contributed by atoms with Gasteiger partial charge in [-0.25, -0.2) is 4.79 Å². The van der Waals surface area contributed by atoms with Crippen molar-refractivity contribution in [2.75, 3.05) is 6.61 Å². The summed E-state index contributed by atoms with van der Waals surface area (Å²) in [5.41, 5.74) is 3.32. The Morgan fingerprint density at radius 1 is 1.62 bits per heavy atom. The van der Waals surface area contributed by atoms with Crippen molar-refractivity contribution in [2.45, 2.75) is 5.54 Å². The molecule has 0 unspecified atom stereocenters. The van der Waals surface area contributed by atoms with Crippen molar-refractivity contribution in [3.8, 4) is 0 Å². The van der Waals surface area contributed by atoms with Gasteiger partial charge in [-0.2, -0.15) is 0 Å². The van der Waals surface area contributed by atoms with Gasteiger partial charge < -0.3 is 15.1 Å². The number of nitrogens with two attached hydrogens (primary N) is 1. The van der Waals surface area contributed by atoms with Gasteiger partial charge in [0.25, 0.3) is 0 Å². The number of Topliss-reactive ketones (excluding diaryl/α,β-unsaturated/α-hetero) is 1. The summed E-state index contributed by atoms with van der Waals surface area (Å²) < 4.78 is 3.86. The van der Waals surface area contributed by atoms with Crippen LogP contribution in [-0.4, -0.2) is 34.0 Å². The number of nitrogens with zero attached hydrogens (tertiary/aromatic N) is 1.